The van der Waals surface area contributed by atoms with Crippen LogP contribution in [0.25, 0.3) is 0 Å². The lowest BCUT2D eigenvalue weighted by Crippen LogP contribution is -2.01. The minimum atomic E-state index is -1.16. The van der Waals surface area contributed by atoms with E-state index in [9.17, 15) is 9.90 Å². The molecule has 0 spiro atoms. The minimum Gasteiger partial charge on any atom is -0.497 e. The first-order valence-corrected chi connectivity index (χ1v) is 6.22. The van der Waals surface area contributed by atoms with Crippen molar-refractivity contribution in [1.29, 1.82) is 5.26 Å². The van der Waals surface area contributed by atoms with Crippen LogP contribution in [0.4, 0.5) is 0 Å². The molecule has 1 N–H and O–H groups in total. The van der Waals surface area contributed by atoms with Gasteiger partial charge in [0.1, 0.15) is 34.4 Å². The van der Waals surface area contributed by atoms with E-state index in [4.69, 9.17) is 26.3 Å². The molecule has 0 aliphatic carbocycles. The molecule has 21 heavy (non-hydrogen) atoms. The van der Waals surface area contributed by atoms with Crippen LogP contribution < -0.4 is 9.47 Å². The van der Waals surface area contributed by atoms with Crippen LogP contribution in [0, 0.1) is 11.3 Å². The van der Waals surface area contributed by atoms with Crippen molar-refractivity contribution in [3.8, 4) is 23.3 Å². The number of carbonyl (C=O) groups is 1. The topological polar surface area (TPSA) is 79.5 Å². The van der Waals surface area contributed by atoms with Gasteiger partial charge in [-0.2, -0.15) is 5.26 Å². The number of methoxy groups -OCH3 is 1. The number of hydrogen-bond acceptors (Lipinski definition) is 4. The summed E-state index contributed by atoms with van der Waals surface area (Å²) in [6.45, 7) is 0. The molecule has 0 fully saturated rings. The summed E-state index contributed by atoms with van der Waals surface area (Å²) in [5.74, 6) is -0.476. The van der Waals surface area contributed by atoms with E-state index in [2.05, 4.69) is 0 Å². The zero-order valence-electron chi connectivity index (χ0n) is 11.0. The molecule has 0 radical (unpaired) electrons. The Bertz CT molecular complexity index is 737. The second-order valence-electron chi connectivity index (χ2n) is 3.99. The predicted molar refractivity (Wildman–Crippen MR) is 76.2 cm³/mol. The molecule has 0 bridgehead atoms. The minimum absolute atomic E-state index is 0.0711. The highest BCUT2D eigenvalue weighted by atomic mass is 35.5. The monoisotopic (exact) mass is 303 g/mol. The van der Waals surface area contributed by atoms with Crippen molar-refractivity contribution in [2.24, 2.45) is 0 Å². The number of halogens is 1. The fourth-order valence-corrected chi connectivity index (χ4v) is 1.92. The van der Waals surface area contributed by atoms with E-state index in [1.165, 1.54) is 19.2 Å². The van der Waals surface area contributed by atoms with Gasteiger partial charge in [-0.25, -0.2) is 4.79 Å². The van der Waals surface area contributed by atoms with Gasteiger partial charge in [0.25, 0.3) is 0 Å². The van der Waals surface area contributed by atoms with E-state index in [0.717, 1.165) is 0 Å². The molecule has 5 nitrogen and oxygen atoms in total. The number of rotatable bonds is 4. The SMILES string of the molecule is COc1ccc(Oc2cccc(Cl)c2C#N)c(C(=O)O)c1. The normalized spacial score (nSPS) is 9.76. The van der Waals surface area contributed by atoms with Gasteiger partial charge < -0.3 is 14.6 Å². The maximum atomic E-state index is 11.3. The fourth-order valence-electron chi connectivity index (χ4n) is 1.71. The summed E-state index contributed by atoms with van der Waals surface area (Å²) in [4.78, 5) is 11.3. The van der Waals surface area contributed by atoms with Crippen LogP contribution >= 0.6 is 11.6 Å². The zero-order chi connectivity index (χ0) is 15.4. The average Bonchev–Trinajstić information content (AvgIpc) is 2.47. The van der Waals surface area contributed by atoms with Gasteiger partial charge in [0.05, 0.1) is 12.1 Å². The Morgan fingerprint density at radius 3 is 2.67 bits per heavy atom. The third-order valence-electron chi connectivity index (χ3n) is 2.72. The van der Waals surface area contributed by atoms with Crippen LogP contribution in [0.2, 0.25) is 5.02 Å². The first-order chi connectivity index (χ1) is 10.1. The van der Waals surface area contributed by atoms with E-state index in [1.54, 1.807) is 24.3 Å². The van der Waals surface area contributed by atoms with Gasteiger partial charge in [0.2, 0.25) is 0 Å². The lowest BCUT2D eigenvalue weighted by molar-refractivity contribution is 0.0693. The molecule has 0 heterocycles. The number of ether oxygens (including phenoxy) is 2. The summed E-state index contributed by atoms with van der Waals surface area (Å²) >= 11 is 5.91. The lowest BCUT2D eigenvalue weighted by atomic mass is 10.1. The average molecular weight is 304 g/mol. The van der Waals surface area contributed by atoms with E-state index in [1.807, 2.05) is 6.07 Å². The van der Waals surface area contributed by atoms with Gasteiger partial charge in [-0.1, -0.05) is 17.7 Å². The molecule has 0 aliphatic heterocycles. The number of nitrogens with zero attached hydrogens (tertiary/aromatic N) is 1. The lowest BCUT2D eigenvalue weighted by Gasteiger charge is -2.11. The summed E-state index contributed by atoms with van der Waals surface area (Å²) < 4.78 is 10.5. The maximum absolute atomic E-state index is 11.3. The van der Waals surface area contributed by atoms with Crippen LogP contribution in [-0.4, -0.2) is 18.2 Å². The number of nitriles is 1. The van der Waals surface area contributed by atoms with Crippen molar-refractivity contribution in [2.75, 3.05) is 7.11 Å². The third kappa shape index (κ3) is 3.07. The van der Waals surface area contributed by atoms with Gasteiger partial charge in [0.15, 0.2) is 0 Å². The number of aromatic carboxylic acids is 1. The third-order valence-corrected chi connectivity index (χ3v) is 3.04. The fraction of sp³-hybridized carbons (Fsp3) is 0.0667. The highest BCUT2D eigenvalue weighted by Crippen LogP contribution is 2.33. The largest absolute Gasteiger partial charge is 0.497 e. The molecule has 0 aliphatic rings. The van der Waals surface area contributed by atoms with Crippen LogP contribution in [0.1, 0.15) is 15.9 Å². The van der Waals surface area contributed by atoms with E-state index < -0.39 is 5.97 Å². The van der Waals surface area contributed by atoms with Crippen LogP contribution in [0.5, 0.6) is 17.2 Å². The summed E-state index contributed by atoms with van der Waals surface area (Å²) in [6, 6.07) is 11.0. The molecule has 6 heteroatoms. The van der Waals surface area contributed by atoms with Crippen LogP contribution in [0.15, 0.2) is 36.4 Å². The number of carboxylic acids is 1. The van der Waals surface area contributed by atoms with Crippen molar-refractivity contribution in [3.05, 3.63) is 52.5 Å². The predicted octanol–water partition coefficient (Wildman–Crippen LogP) is 3.71. The zero-order valence-corrected chi connectivity index (χ0v) is 11.7. The molecule has 0 aromatic heterocycles. The van der Waals surface area contributed by atoms with Crippen molar-refractivity contribution < 1.29 is 19.4 Å². The van der Waals surface area contributed by atoms with Crippen molar-refractivity contribution in [2.45, 2.75) is 0 Å². The van der Waals surface area contributed by atoms with Gasteiger partial charge in [-0.15, -0.1) is 0 Å². The molecule has 106 valence electrons. The molecule has 2 rings (SSSR count). The Kier molecular flexibility index (Phi) is 4.31. The maximum Gasteiger partial charge on any atom is 0.339 e. The molecule has 0 saturated carbocycles. The van der Waals surface area contributed by atoms with E-state index >= 15 is 0 Å². The Balaban J connectivity index is 2.48. The summed E-state index contributed by atoms with van der Waals surface area (Å²) in [5.41, 5.74) is 0.0736. The van der Waals surface area contributed by atoms with Crippen molar-refractivity contribution >= 4 is 17.6 Å². The van der Waals surface area contributed by atoms with Gasteiger partial charge in [0, 0.05) is 0 Å². The second-order valence-corrected chi connectivity index (χ2v) is 4.40. The summed E-state index contributed by atoms with van der Waals surface area (Å²) in [6.07, 6.45) is 0. The van der Waals surface area contributed by atoms with Gasteiger partial charge in [-0.05, 0) is 30.3 Å². The quantitative estimate of drug-likeness (QED) is 0.931. The second kappa shape index (κ2) is 6.16. The summed E-state index contributed by atoms with van der Waals surface area (Å²) in [7, 11) is 1.44. The van der Waals surface area contributed by atoms with E-state index in [0.29, 0.717) is 5.75 Å². The Morgan fingerprint density at radius 2 is 2.05 bits per heavy atom. The molecule has 0 unspecified atom stereocenters. The highest BCUT2D eigenvalue weighted by molar-refractivity contribution is 6.31. The van der Waals surface area contributed by atoms with E-state index in [-0.39, 0.29) is 27.6 Å². The molecule has 0 atom stereocenters. The molecule has 2 aromatic carbocycles. The first kappa shape index (κ1) is 14.7. The molecule has 2 aromatic rings. The van der Waals surface area contributed by atoms with Crippen molar-refractivity contribution in [1.82, 2.24) is 0 Å². The first-order valence-electron chi connectivity index (χ1n) is 5.84. The standard InChI is InChI=1S/C15H10ClNO4/c1-20-9-5-6-14(10(7-9)15(18)19)21-13-4-2-3-12(16)11(13)8-17/h2-7H,1H3,(H,18,19). The van der Waals surface area contributed by atoms with Gasteiger partial charge in [-0.3, -0.25) is 0 Å². The number of hydrogen-bond donors (Lipinski definition) is 1. The Hall–Kier alpha value is -2.71. The number of carboxylic acid groups (broad SMARTS) is 1. The summed E-state index contributed by atoms with van der Waals surface area (Å²) in [5, 5.41) is 18.5. The van der Waals surface area contributed by atoms with Gasteiger partial charge >= 0.3 is 5.97 Å². The number of benzene rings is 2. The molecular weight excluding hydrogens is 294 g/mol. The molecular formula is C15H10ClNO4. The van der Waals surface area contributed by atoms with Crippen LogP contribution in [0.3, 0.4) is 0 Å². The molecule has 0 saturated heterocycles. The Labute approximate surface area is 125 Å². The Morgan fingerprint density at radius 1 is 1.29 bits per heavy atom. The smallest absolute Gasteiger partial charge is 0.339 e. The van der Waals surface area contributed by atoms with Crippen molar-refractivity contribution in [3.63, 3.8) is 0 Å². The van der Waals surface area contributed by atoms with Crippen LogP contribution in [-0.2, 0) is 0 Å². The molecule has 0 amide bonds. The highest BCUT2D eigenvalue weighted by Gasteiger charge is 2.16.